The molecule has 0 radical (unpaired) electrons. The molecule has 1 fully saturated rings. The van der Waals surface area contributed by atoms with Gasteiger partial charge in [-0.1, -0.05) is 18.6 Å². The van der Waals surface area contributed by atoms with Crippen LogP contribution in [0.5, 0.6) is 0 Å². The van der Waals surface area contributed by atoms with Crippen molar-refractivity contribution in [2.24, 2.45) is 0 Å². The van der Waals surface area contributed by atoms with Gasteiger partial charge in [-0.3, -0.25) is 4.79 Å². The fourth-order valence-corrected chi connectivity index (χ4v) is 4.37. The van der Waals surface area contributed by atoms with E-state index in [-0.39, 0.29) is 16.8 Å². The number of carbonyl (C=O) groups excluding carboxylic acids is 1. The summed E-state index contributed by atoms with van der Waals surface area (Å²) in [7, 11) is -4.90. The second kappa shape index (κ2) is 5.36. The highest BCUT2D eigenvalue weighted by atomic mass is 32.3. The largest absolute Gasteiger partial charge is 0.332 e. The summed E-state index contributed by atoms with van der Waals surface area (Å²) in [5.41, 5.74) is 0.771. The molecule has 2 aromatic carbocycles. The molecule has 0 saturated heterocycles. The fourth-order valence-electron chi connectivity index (χ4n) is 3.86. The number of benzene rings is 2. The van der Waals surface area contributed by atoms with Gasteiger partial charge in [0.1, 0.15) is 5.82 Å². The van der Waals surface area contributed by atoms with Crippen LogP contribution < -0.4 is 4.90 Å². The van der Waals surface area contributed by atoms with Gasteiger partial charge in [-0.15, -0.1) is 3.89 Å². The number of rotatable bonds is 2. The Kier molecular flexibility index (Phi) is 3.47. The first kappa shape index (κ1) is 16.2. The molecule has 4 rings (SSSR count). The number of halogens is 2. The second-order valence-electron chi connectivity index (χ2n) is 6.62. The minimum absolute atomic E-state index is 0.0605. The molecule has 4 nitrogen and oxygen atoms in total. The van der Waals surface area contributed by atoms with Crippen LogP contribution in [0.3, 0.4) is 0 Å². The van der Waals surface area contributed by atoms with Crippen molar-refractivity contribution in [1.29, 1.82) is 0 Å². The molecule has 1 heterocycles. The summed E-state index contributed by atoms with van der Waals surface area (Å²) >= 11 is 0. The number of hydrogen-bond donors (Lipinski definition) is 0. The highest BCUT2D eigenvalue weighted by Gasteiger charge is 2.50. The molecule has 1 aliphatic heterocycles. The summed E-state index contributed by atoms with van der Waals surface area (Å²) in [5.74, 6) is -0.784. The lowest BCUT2D eigenvalue weighted by atomic mass is 9.65. The van der Waals surface area contributed by atoms with Gasteiger partial charge in [-0.05, 0) is 43.2 Å². The third kappa shape index (κ3) is 2.45. The smallest absolute Gasteiger partial charge is 0.307 e. The maximum absolute atomic E-state index is 14.4. The molecule has 130 valence electrons. The van der Waals surface area contributed by atoms with Gasteiger partial charge in [0.25, 0.3) is 5.91 Å². The lowest BCUT2D eigenvalue weighted by Crippen LogP contribution is -2.41. The van der Waals surface area contributed by atoms with Gasteiger partial charge < -0.3 is 4.90 Å². The molecule has 1 aliphatic carbocycles. The van der Waals surface area contributed by atoms with Crippen molar-refractivity contribution in [2.45, 2.75) is 29.6 Å². The number of amides is 1. The normalized spacial score (nSPS) is 18.1. The van der Waals surface area contributed by atoms with Crippen LogP contribution >= 0.6 is 0 Å². The van der Waals surface area contributed by atoms with Crippen LogP contribution in [0.25, 0.3) is 0 Å². The van der Waals surface area contributed by atoms with Crippen LogP contribution in [-0.2, 0) is 15.6 Å². The first-order valence-corrected chi connectivity index (χ1v) is 9.36. The molecule has 0 N–H and O–H groups in total. The van der Waals surface area contributed by atoms with E-state index in [2.05, 4.69) is 0 Å². The van der Waals surface area contributed by atoms with E-state index in [1.54, 1.807) is 12.1 Å². The number of carbonyl (C=O) groups is 1. The van der Waals surface area contributed by atoms with Crippen LogP contribution in [0.2, 0.25) is 0 Å². The van der Waals surface area contributed by atoms with Crippen molar-refractivity contribution >= 4 is 21.8 Å². The van der Waals surface area contributed by atoms with E-state index in [9.17, 15) is 21.5 Å². The third-order valence-electron chi connectivity index (χ3n) is 5.19. The zero-order valence-electron chi connectivity index (χ0n) is 13.2. The Morgan fingerprint density at radius 3 is 2.48 bits per heavy atom. The van der Waals surface area contributed by atoms with Crippen LogP contribution in [0, 0.1) is 5.82 Å². The maximum atomic E-state index is 14.4. The van der Waals surface area contributed by atoms with E-state index in [1.807, 2.05) is 0 Å². The number of anilines is 1. The van der Waals surface area contributed by atoms with Crippen molar-refractivity contribution in [3.05, 3.63) is 59.4 Å². The zero-order valence-corrected chi connectivity index (χ0v) is 14.0. The van der Waals surface area contributed by atoms with E-state index in [0.29, 0.717) is 17.8 Å². The van der Waals surface area contributed by atoms with Crippen molar-refractivity contribution in [3.8, 4) is 0 Å². The Labute approximate surface area is 144 Å². The van der Waals surface area contributed by atoms with Gasteiger partial charge >= 0.3 is 10.2 Å². The predicted molar refractivity (Wildman–Crippen MR) is 88.3 cm³/mol. The monoisotopic (exact) mass is 363 g/mol. The molecule has 25 heavy (non-hydrogen) atoms. The average molecular weight is 363 g/mol. The Hall–Kier alpha value is -2.28. The summed E-state index contributed by atoms with van der Waals surface area (Å²) in [6, 6.07) is 9.50. The quantitative estimate of drug-likeness (QED) is 0.767. The van der Waals surface area contributed by atoms with Crippen LogP contribution in [0.1, 0.15) is 35.2 Å². The topological polar surface area (TPSA) is 54.5 Å². The molecule has 1 amide bonds. The molecule has 0 bridgehead atoms. The zero-order chi connectivity index (χ0) is 17.8. The summed E-state index contributed by atoms with van der Waals surface area (Å²) < 4.78 is 49.8. The maximum Gasteiger partial charge on any atom is 0.332 e. The molecule has 2 aromatic rings. The Balaban J connectivity index is 1.77. The molecular formula is C18H15F2NO3S. The van der Waals surface area contributed by atoms with E-state index in [0.717, 1.165) is 31.4 Å². The lowest BCUT2D eigenvalue weighted by Gasteiger charge is -2.39. The molecule has 1 saturated carbocycles. The Morgan fingerprint density at radius 2 is 1.84 bits per heavy atom. The molecule has 1 spiro atoms. The van der Waals surface area contributed by atoms with E-state index < -0.39 is 21.0 Å². The number of nitrogens with zero attached hydrogens (tertiary/aromatic N) is 1. The predicted octanol–water partition coefficient (Wildman–Crippen LogP) is 3.57. The second-order valence-corrected chi connectivity index (χ2v) is 7.97. The molecule has 0 atom stereocenters. The van der Waals surface area contributed by atoms with E-state index in [4.69, 9.17) is 0 Å². The minimum atomic E-state index is -4.90. The van der Waals surface area contributed by atoms with Crippen molar-refractivity contribution in [1.82, 2.24) is 0 Å². The first-order chi connectivity index (χ1) is 11.8. The van der Waals surface area contributed by atoms with Crippen molar-refractivity contribution < 1.29 is 21.5 Å². The lowest BCUT2D eigenvalue weighted by molar-refractivity contribution is 0.0978. The third-order valence-corrected chi connectivity index (χ3v) is 6.01. The molecule has 7 heteroatoms. The Bertz CT molecular complexity index is 984. The summed E-state index contributed by atoms with van der Waals surface area (Å²) in [4.78, 5) is 13.8. The van der Waals surface area contributed by atoms with Crippen molar-refractivity contribution in [3.63, 3.8) is 0 Å². The minimum Gasteiger partial charge on any atom is -0.307 e. The van der Waals surface area contributed by atoms with Gasteiger partial charge in [0.05, 0.1) is 10.6 Å². The SMILES string of the molecule is O=C(c1cccc(S(=O)(=O)F)c1)N1CC2(CCC2)c2c(F)cccc21. The van der Waals surface area contributed by atoms with Gasteiger partial charge in [-0.25, -0.2) is 4.39 Å². The standard InChI is InChI=1S/C18H15F2NO3S/c19-14-6-2-7-15-16(14)18(8-3-9-18)11-21(15)17(22)12-4-1-5-13(10-12)25(20,23)24/h1-2,4-7,10H,3,8-9,11H2. The Morgan fingerprint density at radius 1 is 1.12 bits per heavy atom. The fraction of sp³-hybridized carbons (Fsp3) is 0.278. The summed E-state index contributed by atoms with van der Waals surface area (Å²) in [6.07, 6.45) is 2.60. The van der Waals surface area contributed by atoms with Gasteiger partial charge in [0, 0.05) is 23.1 Å². The van der Waals surface area contributed by atoms with Crippen LogP contribution in [0.4, 0.5) is 14.0 Å². The van der Waals surface area contributed by atoms with Crippen molar-refractivity contribution in [2.75, 3.05) is 11.4 Å². The highest BCUT2D eigenvalue weighted by Crippen LogP contribution is 2.53. The van der Waals surface area contributed by atoms with Gasteiger partial charge in [0.15, 0.2) is 0 Å². The highest BCUT2D eigenvalue weighted by molar-refractivity contribution is 7.86. The molecular weight excluding hydrogens is 348 g/mol. The van der Waals surface area contributed by atoms with Crippen LogP contribution in [-0.4, -0.2) is 20.9 Å². The van der Waals surface area contributed by atoms with E-state index in [1.165, 1.54) is 23.1 Å². The summed E-state index contributed by atoms with van der Waals surface area (Å²) in [5, 5.41) is 0. The molecule has 0 unspecified atom stereocenters. The average Bonchev–Trinajstić information content (AvgIpc) is 2.91. The van der Waals surface area contributed by atoms with Crippen LogP contribution in [0.15, 0.2) is 47.4 Å². The van der Waals surface area contributed by atoms with Gasteiger partial charge in [0.2, 0.25) is 0 Å². The number of fused-ring (bicyclic) bond motifs is 2. The first-order valence-electron chi connectivity index (χ1n) is 7.97. The molecule has 0 aromatic heterocycles. The number of hydrogen-bond acceptors (Lipinski definition) is 3. The van der Waals surface area contributed by atoms with Gasteiger partial charge in [-0.2, -0.15) is 8.42 Å². The van der Waals surface area contributed by atoms with E-state index >= 15 is 0 Å². The molecule has 2 aliphatic rings. The summed E-state index contributed by atoms with van der Waals surface area (Å²) in [6.45, 7) is 0.356.